The second-order valence-corrected chi connectivity index (χ2v) is 11.9. The first-order valence-electron chi connectivity index (χ1n) is 15.7. The Hall–Kier alpha value is -6.46. The normalized spacial score (nSPS) is 11.8. The first-order chi connectivity index (χ1) is 23.3. The van der Waals surface area contributed by atoms with Crippen molar-refractivity contribution in [3.05, 3.63) is 158 Å². The maximum absolute atomic E-state index is 6.05. The van der Waals surface area contributed by atoms with Gasteiger partial charge in [-0.05, 0) is 58.3 Å². The van der Waals surface area contributed by atoms with E-state index in [2.05, 4.69) is 149 Å². The highest BCUT2D eigenvalue weighted by Gasteiger charge is 2.21. The summed E-state index contributed by atoms with van der Waals surface area (Å²) in [5, 5.41) is 5.89. The Bertz CT molecular complexity index is 2800. The van der Waals surface area contributed by atoms with Crippen LogP contribution in [0.1, 0.15) is 0 Å². The summed E-state index contributed by atoms with van der Waals surface area (Å²) < 4.78 is 10.5. The minimum atomic E-state index is 0.607. The van der Waals surface area contributed by atoms with Crippen LogP contribution in [0.3, 0.4) is 0 Å². The molecule has 0 aliphatic heterocycles. The number of furan rings is 1. The van der Waals surface area contributed by atoms with Gasteiger partial charge in [0.1, 0.15) is 11.2 Å². The van der Waals surface area contributed by atoms with E-state index in [9.17, 15) is 0 Å². The predicted molar refractivity (Wildman–Crippen MR) is 191 cm³/mol. The van der Waals surface area contributed by atoms with E-state index in [0.29, 0.717) is 11.5 Å². The minimum absolute atomic E-state index is 0.607. The van der Waals surface area contributed by atoms with E-state index in [1.54, 1.807) is 6.26 Å². The van der Waals surface area contributed by atoms with Crippen molar-refractivity contribution >= 4 is 54.6 Å². The fraction of sp³-hybridized carbons (Fsp3) is 0. The second-order valence-electron chi connectivity index (χ2n) is 11.9. The molecule has 4 aromatic heterocycles. The number of benzene rings is 6. The summed E-state index contributed by atoms with van der Waals surface area (Å²) in [6, 6.07) is 51.0. The summed E-state index contributed by atoms with van der Waals surface area (Å²) in [6.07, 6.45) is 3.84. The molecule has 0 fully saturated rings. The Kier molecular flexibility index (Phi) is 5.51. The summed E-state index contributed by atoms with van der Waals surface area (Å²) >= 11 is 0. The van der Waals surface area contributed by atoms with E-state index in [4.69, 9.17) is 14.4 Å². The van der Waals surface area contributed by atoms with Gasteiger partial charge in [0.2, 0.25) is 5.95 Å². The molecule has 0 amide bonds. The molecule has 0 radical (unpaired) electrons. The molecule has 47 heavy (non-hydrogen) atoms. The van der Waals surface area contributed by atoms with Gasteiger partial charge in [-0.25, -0.2) is 9.97 Å². The zero-order valence-corrected chi connectivity index (χ0v) is 25.2. The van der Waals surface area contributed by atoms with Crippen LogP contribution in [0.15, 0.2) is 162 Å². The molecule has 0 N–H and O–H groups in total. The van der Waals surface area contributed by atoms with Gasteiger partial charge in [-0.1, -0.05) is 103 Å². The van der Waals surface area contributed by atoms with Gasteiger partial charge in [-0.2, -0.15) is 0 Å². The Morgan fingerprint density at radius 3 is 2.26 bits per heavy atom. The lowest BCUT2D eigenvalue weighted by atomic mass is 9.96. The van der Waals surface area contributed by atoms with Crippen molar-refractivity contribution < 1.29 is 4.42 Å². The lowest BCUT2D eigenvalue weighted by molar-refractivity contribution is 0.614. The van der Waals surface area contributed by atoms with Gasteiger partial charge in [0.25, 0.3) is 0 Å². The second kappa shape index (κ2) is 10.0. The quantitative estimate of drug-likeness (QED) is 0.201. The number of rotatable bonds is 4. The first-order valence-corrected chi connectivity index (χ1v) is 15.7. The number of hydrogen-bond acceptors (Lipinski definition) is 3. The van der Waals surface area contributed by atoms with Crippen molar-refractivity contribution in [1.29, 1.82) is 0 Å². The molecule has 0 atom stereocenters. The van der Waals surface area contributed by atoms with Gasteiger partial charge in [-0.15, -0.1) is 0 Å². The summed E-state index contributed by atoms with van der Waals surface area (Å²) in [4.78, 5) is 10.4. The monoisotopic (exact) mass is 602 g/mol. The number of nitrogens with zero attached hydrogens (tertiary/aromatic N) is 4. The van der Waals surface area contributed by atoms with Gasteiger partial charge >= 0.3 is 0 Å². The Morgan fingerprint density at radius 2 is 1.32 bits per heavy atom. The van der Waals surface area contributed by atoms with Crippen LogP contribution in [0.2, 0.25) is 0 Å². The molecule has 5 heteroatoms. The van der Waals surface area contributed by atoms with Gasteiger partial charge in [0, 0.05) is 39.7 Å². The van der Waals surface area contributed by atoms with Gasteiger partial charge in [0.15, 0.2) is 5.58 Å². The molecule has 0 aliphatic carbocycles. The summed E-state index contributed by atoms with van der Waals surface area (Å²) in [7, 11) is 0. The Labute approximate surface area is 269 Å². The highest BCUT2D eigenvalue weighted by Crippen LogP contribution is 2.39. The molecule has 0 bridgehead atoms. The zero-order valence-electron chi connectivity index (χ0n) is 25.2. The van der Waals surface area contributed by atoms with Crippen LogP contribution >= 0.6 is 0 Å². The molecule has 220 valence electrons. The molecule has 0 unspecified atom stereocenters. The van der Waals surface area contributed by atoms with E-state index in [0.717, 1.165) is 60.7 Å². The van der Waals surface area contributed by atoms with E-state index in [-0.39, 0.29) is 0 Å². The average Bonchev–Trinajstić information content (AvgIpc) is 3.87. The smallest absolute Gasteiger partial charge is 0.236 e. The van der Waals surface area contributed by atoms with Crippen LogP contribution in [0.4, 0.5) is 0 Å². The van der Waals surface area contributed by atoms with Crippen molar-refractivity contribution in [1.82, 2.24) is 19.1 Å². The molecule has 10 rings (SSSR count). The molecule has 4 heterocycles. The van der Waals surface area contributed by atoms with Gasteiger partial charge < -0.3 is 8.98 Å². The molecule has 5 nitrogen and oxygen atoms in total. The Morgan fingerprint density at radius 1 is 0.532 bits per heavy atom. The molecule has 0 saturated carbocycles. The number of para-hydroxylation sites is 2. The third kappa shape index (κ3) is 3.90. The summed E-state index contributed by atoms with van der Waals surface area (Å²) in [6.45, 7) is 0. The van der Waals surface area contributed by atoms with E-state index < -0.39 is 0 Å². The fourth-order valence-corrected chi connectivity index (χ4v) is 7.16. The highest BCUT2D eigenvalue weighted by molar-refractivity contribution is 6.18. The minimum Gasteiger partial charge on any atom is -0.460 e. The largest absolute Gasteiger partial charge is 0.460 e. The average molecular weight is 603 g/mol. The fourth-order valence-electron chi connectivity index (χ4n) is 7.16. The zero-order chi connectivity index (χ0) is 30.9. The van der Waals surface area contributed by atoms with Crippen molar-refractivity contribution in [3.63, 3.8) is 0 Å². The van der Waals surface area contributed by atoms with Gasteiger partial charge in [0.05, 0.1) is 22.8 Å². The molecule has 0 aliphatic rings. The lowest BCUT2D eigenvalue weighted by Crippen LogP contribution is -2.03. The third-order valence-corrected chi connectivity index (χ3v) is 9.27. The van der Waals surface area contributed by atoms with Crippen LogP contribution in [0.5, 0.6) is 0 Å². The number of fused-ring (bicyclic) bond motifs is 7. The maximum Gasteiger partial charge on any atom is 0.236 e. The van der Waals surface area contributed by atoms with Crippen molar-refractivity contribution in [2.24, 2.45) is 0 Å². The van der Waals surface area contributed by atoms with E-state index in [1.165, 1.54) is 16.3 Å². The topological polar surface area (TPSA) is 48.8 Å². The third-order valence-electron chi connectivity index (χ3n) is 9.27. The molecule has 10 aromatic rings. The molecule has 0 saturated heterocycles. The standard InChI is InChI=1S/C42H26N4O/c1-2-14-30(15-3-1)45-24-22-35-37(45)21-20-34-33-17-6-7-19-38(33)46(40(34)35)42-43-36-23-25-47-41(36)39(44-42)29-13-8-12-28(26-29)32-18-9-11-27-10-4-5-16-31(27)32/h1-26H. The van der Waals surface area contributed by atoms with E-state index >= 15 is 0 Å². The highest BCUT2D eigenvalue weighted by atomic mass is 16.3. The Balaban J connectivity index is 1.23. The van der Waals surface area contributed by atoms with Crippen molar-refractivity contribution in [2.75, 3.05) is 0 Å². The van der Waals surface area contributed by atoms with Crippen LogP contribution in [-0.2, 0) is 0 Å². The predicted octanol–water partition coefficient (Wildman–Crippen LogP) is 10.8. The van der Waals surface area contributed by atoms with Crippen LogP contribution in [0, 0.1) is 0 Å². The van der Waals surface area contributed by atoms with Crippen molar-refractivity contribution in [3.8, 4) is 34.0 Å². The SMILES string of the molecule is c1ccc(-n2ccc3c2ccc2c4ccccc4n(-c4nc(-c5cccc(-c6cccc7ccccc67)c5)c5occc5n4)c23)cc1. The van der Waals surface area contributed by atoms with Crippen LogP contribution in [0.25, 0.3) is 88.6 Å². The maximum atomic E-state index is 6.05. The summed E-state index contributed by atoms with van der Waals surface area (Å²) in [5.41, 5.74) is 9.86. The van der Waals surface area contributed by atoms with Crippen LogP contribution < -0.4 is 0 Å². The number of aromatic nitrogens is 4. The van der Waals surface area contributed by atoms with Crippen molar-refractivity contribution in [2.45, 2.75) is 0 Å². The lowest BCUT2D eigenvalue weighted by Gasteiger charge is -2.12. The molecule has 6 aromatic carbocycles. The summed E-state index contributed by atoms with van der Waals surface area (Å²) in [5.74, 6) is 0.607. The number of hydrogen-bond donors (Lipinski definition) is 0. The van der Waals surface area contributed by atoms with E-state index in [1.807, 2.05) is 12.1 Å². The molecular weight excluding hydrogens is 576 g/mol. The van der Waals surface area contributed by atoms with Gasteiger partial charge in [-0.3, -0.25) is 4.57 Å². The first kappa shape index (κ1) is 25.8. The molecular formula is C42H26N4O. The molecule has 0 spiro atoms. The van der Waals surface area contributed by atoms with Crippen LogP contribution in [-0.4, -0.2) is 19.1 Å².